The van der Waals surface area contributed by atoms with Crippen molar-refractivity contribution in [3.05, 3.63) is 46.6 Å². The largest absolute Gasteiger partial charge is 0.481 e. The highest BCUT2D eigenvalue weighted by atomic mass is 16.5. The van der Waals surface area contributed by atoms with Crippen LogP contribution in [-0.4, -0.2) is 23.8 Å². The van der Waals surface area contributed by atoms with Gasteiger partial charge < -0.3 is 9.84 Å². The van der Waals surface area contributed by atoms with Gasteiger partial charge >= 0.3 is 5.97 Å². The zero-order valence-corrected chi connectivity index (χ0v) is 23.9. The number of ether oxygens (including phenoxy) is 1. The highest BCUT2D eigenvalue weighted by molar-refractivity contribution is 5.69. The quantitative estimate of drug-likeness (QED) is 0.155. The van der Waals surface area contributed by atoms with E-state index in [1.807, 2.05) is 0 Å². The molecule has 200 valence electrons. The predicted octanol–water partition coefficient (Wildman–Crippen LogP) is 9.45. The average molecular weight is 487 g/mol. The zero-order chi connectivity index (χ0) is 26.2. The van der Waals surface area contributed by atoms with E-state index in [-0.39, 0.29) is 12.0 Å². The molecule has 1 aliphatic carbocycles. The van der Waals surface area contributed by atoms with Crippen LogP contribution in [0.15, 0.2) is 46.6 Å². The van der Waals surface area contributed by atoms with Gasteiger partial charge in [0.15, 0.2) is 0 Å². The SMILES string of the molecule is CCCCOC1C(CCC(C)CCCC(C)=CCCC(C)=CCCC(C)C(=O)O)=CC=C(C)C1C. The predicted molar refractivity (Wildman–Crippen MR) is 151 cm³/mol. The van der Waals surface area contributed by atoms with Crippen molar-refractivity contribution in [2.75, 3.05) is 6.61 Å². The second kappa shape index (κ2) is 17.8. The molecule has 0 aromatic rings. The summed E-state index contributed by atoms with van der Waals surface area (Å²) in [5.74, 6) is 0.271. The van der Waals surface area contributed by atoms with Crippen LogP contribution >= 0.6 is 0 Å². The molecule has 3 heteroatoms. The Kier molecular flexibility index (Phi) is 15.9. The second-order valence-electron chi connectivity index (χ2n) is 11.1. The molecule has 0 saturated carbocycles. The van der Waals surface area contributed by atoms with Crippen LogP contribution in [0.2, 0.25) is 0 Å². The van der Waals surface area contributed by atoms with Gasteiger partial charge in [0.05, 0.1) is 12.0 Å². The first kappa shape index (κ1) is 31.4. The third-order valence-electron chi connectivity index (χ3n) is 7.63. The van der Waals surface area contributed by atoms with Gasteiger partial charge in [-0.25, -0.2) is 0 Å². The molecular formula is C32H54O3. The second-order valence-corrected chi connectivity index (χ2v) is 11.1. The molecule has 4 atom stereocenters. The summed E-state index contributed by atoms with van der Waals surface area (Å²) in [5.41, 5.74) is 5.79. The van der Waals surface area contributed by atoms with Gasteiger partial charge in [-0.15, -0.1) is 0 Å². The number of carbonyl (C=O) groups is 1. The van der Waals surface area contributed by atoms with E-state index in [0.717, 1.165) is 51.0 Å². The maximum absolute atomic E-state index is 10.9. The molecule has 0 radical (unpaired) electrons. The number of aliphatic carboxylic acids is 1. The molecule has 1 aliphatic rings. The van der Waals surface area contributed by atoms with Crippen molar-refractivity contribution in [2.24, 2.45) is 17.8 Å². The average Bonchev–Trinajstić information content (AvgIpc) is 2.81. The van der Waals surface area contributed by atoms with Crippen LogP contribution in [0.3, 0.4) is 0 Å². The van der Waals surface area contributed by atoms with E-state index in [9.17, 15) is 4.79 Å². The Hall–Kier alpha value is -1.61. The molecule has 4 unspecified atom stereocenters. The summed E-state index contributed by atoms with van der Waals surface area (Å²) >= 11 is 0. The third-order valence-corrected chi connectivity index (χ3v) is 7.63. The summed E-state index contributed by atoms with van der Waals surface area (Å²) in [7, 11) is 0. The first-order chi connectivity index (χ1) is 16.6. The molecule has 3 nitrogen and oxygen atoms in total. The molecule has 0 heterocycles. The van der Waals surface area contributed by atoms with E-state index in [1.54, 1.807) is 6.92 Å². The normalized spacial score (nSPS) is 20.9. The standard InChI is InChI=1S/C32H54O3/c1-8-9-23-35-31-29(7)27(5)20-22-30(31)21-19-26(4)16-11-15-24(2)13-10-14-25(3)17-12-18-28(6)32(33)34/h13,17,20,22,26,28-29,31H,8-12,14-16,18-19,21,23H2,1-7H3,(H,33,34). The molecule has 0 saturated heterocycles. The van der Waals surface area contributed by atoms with E-state index in [0.29, 0.717) is 5.92 Å². The Morgan fingerprint density at radius 2 is 1.71 bits per heavy atom. The van der Waals surface area contributed by atoms with E-state index in [4.69, 9.17) is 9.84 Å². The first-order valence-corrected chi connectivity index (χ1v) is 14.2. The lowest BCUT2D eigenvalue weighted by atomic mass is 9.83. The summed E-state index contributed by atoms with van der Waals surface area (Å²) < 4.78 is 6.32. The smallest absolute Gasteiger partial charge is 0.306 e. The maximum Gasteiger partial charge on any atom is 0.306 e. The molecule has 1 N–H and O–H groups in total. The monoisotopic (exact) mass is 486 g/mol. The Balaban J connectivity index is 2.32. The van der Waals surface area contributed by atoms with Gasteiger partial charge in [0.2, 0.25) is 0 Å². The fourth-order valence-electron chi connectivity index (χ4n) is 4.62. The van der Waals surface area contributed by atoms with Crippen molar-refractivity contribution in [3.8, 4) is 0 Å². The Labute approximate surface area is 216 Å². The van der Waals surface area contributed by atoms with Gasteiger partial charge in [-0.2, -0.15) is 0 Å². The topological polar surface area (TPSA) is 46.5 Å². The van der Waals surface area contributed by atoms with Gasteiger partial charge in [0, 0.05) is 12.5 Å². The molecule has 0 aromatic carbocycles. The number of hydrogen-bond donors (Lipinski definition) is 1. The van der Waals surface area contributed by atoms with Gasteiger partial charge in [0.1, 0.15) is 0 Å². The van der Waals surface area contributed by atoms with Crippen molar-refractivity contribution >= 4 is 5.97 Å². The van der Waals surface area contributed by atoms with E-state index in [2.05, 4.69) is 65.8 Å². The van der Waals surface area contributed by atoms with E-state index < -0.39 is 5.97 Å². The summed E-state index contributed by atoms with van der Waals surface area (Å²) in [6.07, 6.45) is 21.7. The molecule has 0 fully saturated rings. The van der Waals surface area contributed by atoms with Crippen LogP contribution in [0.25, 0.3) is 0 Å². The van der Waals surface area contributed by atoms with Gasteiger partial charge in [-0.05, 0) is 90.0 Å². The molecule has 0 aromatic heterocycles. The summed E-state index contributed by atoms with van der Waals surface area (Å²) in [6, 6.07) is 0. The fourth-order valence-corrected chi connectivity index (χ4v) is 4.62. The third kappa shape index (κ3) is 13.3. The number of carboxylic acid groups (broad SMARTS) is 1. The maximum atomic E-state index is 10.9. The van der Waals surface area contributed by atoms with Crippen molar-refractivity contribution in [2.45, 2.75) is 125 Å². The summed E-state index contributed by atoms with van der Waals surface area (Å²) in [6.45, 7) is 16.2. The van der Waals surface area contributed by atoms with E-state index in [1.165, 1.54) is 54.4 Å². The number of allylic oxidation sites excluding steroid dienone is 6. The van der Waals surface area contributed by atoms with Gasteiger partial charge in [-0.1, -0.05) is 81.6 Å². The minimum absolute atomic E-state index is 0.256. The Bertz CT molecular complexity index is 740. The zero-order valence-electron chi connectivity index (χ0n) is 23.9. The van der Waals surface area contributed by atoms with Crippen LogP contribution < -0.4 is 0 Å². The summed E-state index contributed by atoms with van der Waals surface area (Å²) in [5, 5.41) is 8.97. The number of unbranched alkanes of at least 4 members (excludes halogenated alkanes) is 1. The van der Waals surface area contributed by atoms with Gasteiger partial charge in [0.25, 0.3) is 0 Å². The minimum atomic E-state index is -0.697. The van der Waals surface area contributed by atoms with Crippen molar-refractivity contribution in [1.29, 1.82) is 0 Å². The molecule has 1 rings (SSSR count). The lowest BCUT2D eigenvalue weighted by molar-refractivity contribution is -0.141. The molecule has 0 spiro atoms. The van der Waals surface area contributed by atoms with Crippen LogP contribution in [0.1, 0.15) is 119 Å². The Morgan fingerprint density at radius 1 is 1.03 bits per heavy atom. The highest BCUT2D eigenvalue weighted by Gasteiger charge is 2.26. The van der Waals surface area contributed by atoms with Crippen molar-refractivity contribution < 1.29 is 14.6 Å². The highest BCUT2D eigenvalue weighted by Crippen LogP contribution is 2.32. The van der Waals surface area contributed by atoms with Crippen molar-refractivity contribution in [3.63, 3.8) is 0 Å². The van der Waals surface area contributed by atoms with Gasteiger partial charge in [-0.3, -0.25) is 4.79 Å². The Morgan fingerprint density at radius 3 is 2.40 bits per heavy atom. The molecule has 0 aliphatic heterocycles. The lowest BCUT2D eigenvalue weighted by Gasteiger charge is -2.31. The van der Waals surface area contributed by atoms with Crippen LogP contribution in [0.5, 0.6) is 0 Å². The molecule has 0 bridgehead atoms. The molecule has 35 heavy (non-hydrogen) atoms. The minimum Gasteiger partial charge on any atom is -0.481 e. The number of rotatable bonds is 18. The first-order valence-electron chi connectivity index (χ1n) is 14.2. The van der Waals surface area contributed by atoms with E-state index >= 15 is 0 Å². The van der Waals surface area contributed by atoms with Crippen molar-refractivity contribution in [1.82, 2.24) is 0 Å². The van der Waals surface area contributed by atoms with Crippen LogP contribution in [-0.2, 0) is 9.53 Å². The molecule has 0 amide bonds. The number of carboxylic acids is 1. The summed E-state index contributed by atoms with van der Waals surface area (Å²) in [4.78, 5) is 10.9. The fraction of sp³-hybridized carbons (Fsp3) is 0.719. The number of hydrogen-bond acceptors (Lipinski definition) is 2. The van der Waals surface area contributed by atoms with Crippen LogP contribution in [0, 0.1) is 17.8 Å². The molecular weight excluding hydrogens is 432 g/mol. The lowest BCUT2D eigenvalue weighted by Crippen LogP contribution is -2.28. The van der Waals surface area contributed by atoms with Crippen LogP contribution in [0.4, 0.5) is 0 Å².